The molecular weight excluding hydrogens is 110 g/mol. The van der Waals surface area contributed by atoms with Gasteiger partial charge in [0.1, 0.15) is 0 Å². The van der Waals surface area contributed by atoms with E-state index in [1.54, 1.807) is 0 Å². The molecule has 0 unspecified atom stereocenters. The minimum atomic E-state index is -1.29. The minimum absolute atomic E-state index is 0.918. The summed E-state index contributed by atoms with van der Waals surface area (Å²) in [7, 11) is -1.28. The highest BCUT2D eigenvalue weighted by Gasteiger charge is 2.30. The zero-order valence-electron chi connectivity index (χ0n) is 3.98. The molecule has 0 atom stereocenters. The van der Waals surface area contributed by atoms with Gasteiger partial charge in [0.15, 0.2) is 0 Å². The molecular formula is H3B3NO4. The van der Waals surface area contributed by atoms with Gasteiger partial charge in [0, 0.05) is 0 Å². The maximum Gasteiger partial charge on any atom is 0.609 e. The Morgan fingerprint density at radius 3 is 2.62 bits per heavy atom. The summed E-state index contributed by atoms with van der Waals surface area (Å²) in [6, 6.07) is 0. The largest absolute Gasteiger partial charge is 0.609 e. The van der Waals surface area contributed by atoms with E-state index in [9.17, 15) is 0 Å². The van der Waals surface area contributed by atoms with Gasteiger partial charge in [0.25, 0.3) is 0 Å². The predicted molar refractivity (Wildman–Crippen MR) is 26.9 cm³/mol. The first-order valence-corrected chi connectivity index (χ1v) is 2.01. The molecule has 0 bridgehead atoms. The predicted octanol–water partition coefficient (Wildman–Crippen LogP) is -2.50. The Labute approximate surface area is 47.7 Å². The Morgan fingerprint density at radius 1 is 1.50 bits per heavy atom. The summed E-state index contributed by atoms with van der Waals surface area (Å²) < 4.78 is 13.0. The van der Waals surface area contributed by atoms with Crippen molar-refractivity contribution < 1.29 is 18.7 Å². The molecule has 0 aliphatic carbocycles. The molecule has 0 spiro atoms. The van der Waals surface area contributed by atoms with E-state index < -0.39 is 14.6 Å². The molecule has 5 nitrogen and oxygen atoms in total. The van der Waals surface area contributed by atoms with E-state index in [0.717, 1.165) is 7.69 Å². The highest BCUT2D eigenvalue weighted by Crippen LogP contribution is 1.92. The topological polar surface area (TPSA) is 73.9 Å². The van der Waals surface area contributed by atoms with Gasteiger partial charge in [0.2, 0.25) is 0 Å². The van der Waals surface area contributed by atoms with Crippen LogP contribution in [0.2, 0.25) is 0 Å². The molecule has 3 N–H and O–H groups in total. The normalized spacial score (nSPS) is 20.8. The Morgan fingerprint density at radius 2 is 2.25 bits per heavy atom. The third kappa shape index (κ3) is 1.50. The van der Waals surface area contributed by atoms with Crippen LogP contribution in [0.1, 0.15) is 0 Å². The smallest absolute Gasteiger partial charge is 0.441 e. The monoisotopic (exact) mass is 114 g/mol. The second-order valence-corrected chi connectivity index (χ2v) is 1.18. The lowest BCUT2D eigenvalue weighted by Crippen LogP contribution is -2.48. The summed E-state index contributed by atoms with van der Waals surface area (Å²) in [6.45, 7) is 0. The van der Waals surface area contributed by atoms with Gasteiger partial charge in [-0.25, -0.2) is 0 Å². The molecule has 0 amide bonds. The summed E-state index contributed by atoms with van der Waals surface area (Å²) in [5, 5.41) is 8.44. The van der Waals surface area contributed by atoms with Crippen LogP contribution in [0.4, 0.5) is 0 Å². The van der Waals surface area contributed by atoms with E-state index in [1.165, 1.54) is 0 Å². The second kappa shape index (κ2) is 2.52. The molecule has 1 rings (SSSR count). The first kappa shape index (κ1) is 6.12. The van der Waals surface area contributed by atoms with Crippen LogP contribution in [0.3, 0.4) is 0 Å². The first-order chi connectivity index (χ1) is 3.79. The molecule has 0 saturated carbocycles. The highest BCUT2D eigenvalue weighted by molar-refractivity contribution is 6.63. The van der Waals surface area contributed by atoms with Crippen LogP contribution >= 0.6 is 0 Å². The Hall–Kier alpha value is -0.00519. The van der Waals surface area contributed by atoms with Crippen molar-refractivity contribution in [3.8, 4) is 0 Å². The van der Waals surface area contributed by atoms with Crippen molar-refractivity contribution in [2.45, 2.75) is 0 Å². The highest BCUT2D eigenvalue weighted by atomic mass is 16.8. The zero-order valence-corrected chi connectivity index (χ0v) is 3.98. The molecule has 8 heteroatoms. The molecule has 1 aliphatic rings. The third-order valence-corrected chi connectivity index (χ3v) is 0.612. The van der Waals surface area contributed by atoms with Crippen molar-refractivity contribution in [3.05, 3.63) is 0 Å². The number of nitrogens with two attached hydrogens (primary N) is 1. The van der Waals surface area contributed by atoms with Crippen molar-refractivity contribution in [1.82, 2.24) is 0 Å². The molecule has 8 heavy (non-hydrogen) atoms. The molecule has 1 aliphatic heterocycles. The van der Waals surface area contributed by atoms with Crippen LogP contribution in [0.25, 0.3) is 0 Å². The fourth-order valence-electron chi connectivity index (χ4n) is 0.313. The average molecular weight is 113 g/mol. The summed E-state index contributed by atoms with van der Waals surface area (Å²) in [5.41, 5.74) is 5.01. The number of hydrogen-bond acceptors (Lipinski definition) is 5. The number of hydrogen-bond donors (Lipinski definition) is 2. The standard InChI is InChI=1S/B3H3NO4/c4-2-6-1-7-3(5)8-2/h5H,4H2. The molecule has 1 saturated heterocycles. The summed E-state index contributed by atoms with van der Waals surface area (Å²) >= 11 is 0. The van der Waals surface area contributed by atoms with Gasteiger partial charge < -0.3 is 24.4 Å². The van der Waals surface area contributed by atoms with E-state index in [1.807, 2.05) is 0 Å². The van der Waals surface area contributed by atoms with E-state index in [-0.39, 0.29) is 0 Å². The second-order valence-electron chi connectivity index (χ2n) is 1.18. The van der Waals surface area contributed by atoms with Crippen molar-refractivity contribution in [2.75, 3.05) is 0 Å². The first-order valence-electron chi connectivity index (χ1n) is 2.01. The van der Waals surface area contributed by atoms with Crippen LogP contribution in [0, 0.1) is 0 Å². The van der Waals surface area contributed by atoms with Crippen molar-refractivity contribution in [3.63, 3.8) is 0 Å². The lowest BCUT2D eigenvalue weighted by atomic mass is 9.99. The minimum Gasteiger partial charge on any atom is -0.441 e. The molecule has 0 aromatic carbocycles. The van der Waals surface area contributed by atoms with Crippen LogP contribution in [0.5, 0.6) is 0 Å². The van der Waals surface area contributed by atoms with Gasteiger partial charge in [-0.1, -0.05) is 0 Å². The van der Waals surface area contributed by atoms with Crippen LogP contribution < -0.4 is 5.64 Å². The fourth-order valence-corrected chi connectivity index (χ4v) is 0.313. The zero-order chi connectivity index (χ0) is 5.98. The average Bonchev–Trinajstić information content (AvgIpc) is 1.64. The van der Waals surface area contributed by atoms with Crippen LogP contribution in [-0.2, 0) is 13.7 Å². The van der Waals surface area contributed by atoms with E-state index in [2.05, 4.69) is 13.7 Å². The Kier molecular flexibility index (Phi) is 1.92. The molecule has 0 aromatic heterocycles. The Bertz CT molecular complexity index is 69.7. The lowest BCUT2D eigenvalue weighted by Gasteiger charge is -2.16. The van der Waals surface area contributed by atoms with Crippen molar-refractivity contribution in [1.29, 1.82) is 0 Å². The molecule has 41 valence electrons. The molecule has 0 aromatic rings. The lowest BCUT2D eigenvalue weighted by molar-refractivity contribution is 0.228. The van der Waals surface area contributed by atoms with Gasteiger partial charge in [0.05, 0.1) is 0 Å². The Balaban J connectivity index is 2.23. The quantitative estimate of drug-likeness (QED) is 0.340. The van der Waals surface area contributed by atoms with Gasteiger partial charge in [-0.3, -0.25) is 0 Å². The summed E-state index contributed by atoms with van der Waals surface area (Å²) in [5.74, 6) is 0. The maximum atomic E-state index is 8.44. The van der Waals surface area contributed by atoms with Crippen LogP contribution in [0.15, 0.2) is 0 Å². The van der Waals surface area contributed by atoms with Crippen molar-refractivity contribution >= 4 is 22.3 Å². The molecule has 1 fully saturated rings. The van der Waals surface area contributed by atoms with E-state index in [0.29, 0.717) is 0 Å². The number of rotatable bonds is 0. The fraction of sp³-hybridized carbons (Fsp3) is 0. The molecule has 1 radical (unpaired) electrons. The SMILES string of the molecule is NB1O[B]OB(O)O1. The van der Waals surface area contributed by atoms with Gasteiger partial charge in [-0.2, -0.15) is 0 Å². The van der Waals surface area contributed by atoms with Gasteiger partial charge >= 0.3 is 22.3 Å². The van der Waals surface area contributed by atoms with Gasteiger partial charge in [-0.15, -0.1) is 0 Å². The van der Waals surface area contributed by atoms with Crippen LogP contribution in [-0.4, -0.2) is 27.3 Å². The van der Waals surface area contributed by atoms with Gasteiger partial charge in [-0.05, 0) is 0 Å². The van der Waals surface area contributed by atoms with E-state index in [4.69, 9.17) is 10.7 Å². The maximum absolute atomic E-state index is 8.44. The van der Waals surface area contributed by atoms with Crippen molar-refractivity contribution in [2.24, 2.45) is 5.64 Å². The third-order valence-electron chi connectivity index (χ3n) is 0.612. The summed E-state index contributed by atoms with van der Waals surface area (Å²) in [6.07, 6.45) is 0. The van der Waals surface area contributed by atoms with E-state index >= 15 is 0 Å². The molecule has 1 heterocycles. The summed E-state index contributed by atoms with van der Waals surface area (Å²) in [4.78, 5) is 0.